The van der Waals surface area contributed by atoms with Crippen molar-refractivity contribution in [3.8, 4) is 17.2 Å². The predicted octanol–water partition coefficient (Wildman–Crippen LogP) is 5.40. The van der Waals surface area contributed by atoms with Crippen molar-refractivity contribution in [2.24, 2.45) is 5.92 Å². The number of anilines is 1. The number of aryl methyl sites for hydroxylation is 1. The topological polar surface area (TPSA) is 77.5 Å². The first-order valence-corrected chi connectivity index (χ1v) is 11.9. The lowest BCUT2D eigenvalue weighted by Gasteiger charge is -2.19. The van der Waals surface area contributed by atoms with E-state index in [0.29, 0.717) is 48.0 Å². The molecule has 0 radical (unpaired) electrons. The van der Waals surface area contributed by atoms with Gasteiger partial charge >= 0.3 is 0 Å². The van der Waals surface area contributed by atoms with Gasteiger partial charge in [0.1, 0.15) is 35.0 Å². The van der Waals surface area contributed by atoms with Crippen LogP contribution in [0.25, 0.3) is 0 Å². The fourth-order valence-corrected chi connectivity index (χ4v) is 5.45. The first-order chi connectivity index (χ1) is 16.5. The third-order valence-corrected chi connectivity index (χ3v) is 7.34. The molecule has 0 spiro atoms. The van der Waals surface area contributed by atoms with E-state index in [4.69, 9.17) is 21.1 Å². The second-order valence-corrected chi connectivity index (χ2v) is 9.62. The fourth-order valence-electron chi connectivity index (χ4n) is 5.16. The van der Waals surface area contributed by atoms with Crippen LogP contribution in [0.1, 0.15) is 41.0 Å². The maximum absolute atomic E-state index is 12.8. The summed E-state index contributed by atoms with van der Waals surface area (Å²) in [6, 6.07) is 13.4. The van der Waals surface area contributed by atoms with Crippen molar-refractivity contribution in [3.05, 3.63) is 75.9 Å². The van der Waals surface area contributed by atoms with Gasteiger partial charge in [0.15, 0.2) is 0 Å². The van der Waals surface area contributed by atoms with Crippen molar-refractivity contribution in [1.29, 1.82) is 0 Å². The zero-order valence-electron chi connectivity index (χ0n) is 18.6. The third-order valence-electron chi connectivity index (χ3n) is 6.99. The summed E-state index contributed by atoms with van der Waals surface area (Å²) in [5.74, 6) is 3.36. The summed E-state index contributed by atoms with van der Waals surface area (Å²) in [7, 11) is 0. The Labute approximate surface area is 202 Å². The molecule has 3 heterocycles. The lowest BCUT2D eigenvalue weighted by molar-refractivity contribution is -0.119. The van der Waals surface area contributed by atoms with Gasteiger partial charge in [0.05, 0.1) is 0 Å². The van der Waals surface area contributed by atoms with Crippen molar-refractivity contribution in [1.82, 2.24) is 4.98 Å². The van der Waals surface area contributed by atoms with Crippen molar-refractivity contribution in [3.63, 3.8) is 0 Å². The summed E-state index contributed by atoms with van der Waals surface area (Å²) in [6.07, 6.45) is 3.52. The number of carbonyl (C=O) groups is 2. The number of nitrogens with zero attached hydrogens (tertiary/aromatic N) is 1. The number of hydrogen-bond acceptors (Lipinski definition) is 5. The second-order valence-electron chi connectivity index (χ2n) is 9.21. The molecule has 0 saturated heterocycles. The summed E-state index contributed by atoms with van der Waals surface area (Å²) in [6.45, 7) is 1.98. The first kappa shape index (κ1) is 21.2. The number of Topliss-reactive ketones (excluding diaryl/α,β-unsaturated/α-hetero) is 1. The Balaban J connectivity index is 1.16. The SMILES string of the molecule is Cc1cccc(Cl)c1CC(=O)C[C@@H]1[C@H]2Oc3ccc(Oc4ccnc5c4CCC(=O)N5)cc3[C@@H]12. The van der Waals surface area contributed by atoms with Crippen LogP contribution in [0.5, 0.6) is 17.2 Å². The fraction of sp³-hybridized carbons (Fsp3) is 0.296. The van der Waals surface area contributed by atoms with Gasteiger partial charge in [-0.15, -0.1) is 0 Å². The molecule has 1 aromatic heterocycles. The number of pyridine rings is 1. The van der Waals surface area contributed by atoms with Crippen molar-refractivity contribution < 1.29 is 19.1 Å². The molecular weight excluding hydrogens is 452 g/mol. The molecule has 1 fully saturated rings. The molecule has 6 nitrogen and oxygen atoms in total. The van der Waals surface area contributed by atoms with Crippen molar-refractivity contribution >= 4 is 29.1 Å². The van der Waals surface area contributed by atoms with Gasteiger partial charge in [0, 0.05) is 53.4 Å². The van der Waals surface area contributed by atoms with Gasteiger partial charge in [0.25, 0.3) is 0 Å². The van der Waals surface area contributed by atoms with Crippen LogP contribution in [0.4, 0.5) is 5.82 Å². The molecule has 7 heteroatoms. The normalized spacial score (nSPS) is 21.6. The lowest BCUT2D eigenvalue weighted by atomic mass is 9.99. The largest absolute Gasteiger partial charge is 0.489 e. The van der Waals surface area contributed by atoms with E-state index >= 15 is 0 Å². The molecule has 0 bridgehead atoms. The quantitative estimate of drug-likeness (QED) is 0.517. The highest BCUT2D eigenvalue weighted by Crippen LogP contribution is 2.60. The molecule has 3 aliphatic rings. The highest BCUT2D eigenvalue weighted by molar-refractivity contribution is 6.31. The van der Waals surface area contributed by atoms with Gasteiger partial charge in [-0.25, -0.2) is 4.98 Å². The highest BCUT2D eigenvalue weighted by Gasteiger charge is 2.59. The molecule has 1 N–H and O–H groups in total. The number of nitrogens with one attached hydrogen (secondary N) is 1. The van der Waals surface area contributed by atoms with E-state index in [9.17, 15) is 9.59 Å². The molecule has 0 unspecified atom stereocenters. The molecule has 3 atom stereocenters. The zero-order chi connectivity index (χ0) is 23.4. The minimum absolute atomic E-state index is 0.0307. The molecule has 1 saturated carbocycles. The van der Waals surface area contributed by atoms with Gasteiger partial charge in [-0.2, -0.15) is 0 Å². The van der Waals surface area contributed by atoms with Crippen LogP contribution in [0.15, 0.2) is 48.7 Å². The smallest absolute Gasteiger partial charge is 0.225 e. The maximum Gasteiger partial charge on any atom is 0.225 e. The average molecular weight is 475 g/mol. The van der Waals surface area contributed by atoms with Crippen LogP contribution in [0, 0.1) is 12.8 Å². The van der Waals surface area contributed by atoms with Gasteiger partial charge in [-0.05, 0) is 54.8 Å². The third kappa shape index (κ3) is 3.72. The summed E-state index contributed by atoms with van der Waals surface area (Å²) in [5, 5.41) is 3.44. The number of rotatable bonds is 6. The Hall–Kier alpha value is -3.38. The Kier molecular flexibility index (Phi) is 5.06. The second kappa shape index (κ2) is 8.13. The van der Waals surface area contributed by atoms with Gasteiger partial charge in [-0.1, -0.05) is 23.7 Å². The van der Waals surface area contributed by atoms with E-state index < -0.39 is 0 Å². The van der Waals surface area contributed by atoms with Crippen LogP contribution in [-0.4, -0.2) is 22.8 Å². The molecule has 1 amide bonds. The molecule has 2 aromatic carbocycles. The van der Waals surface area contributed by atoms with Crippen molar-refractivity contribution in [2.75, 3.05) is 5.32 Å². The molecule has 3 aromatic rings. The Bertz CT molecular complexity index is 1320. The number of fused-ring (bicyclic) bond motifs is 4. The van der Waals surface area contributed by atoms with Crippen LogP contribution >= 0.6 is 11.6 Å². The molecule has 6 rings (SSSR count). The van der Waals surface area contributed by atoms with Crippen LogP contribution < -0.4 is 14.8 Å². The van der Waals surface area contributed by atoms with E-state index in [0.717, 1.165) is 28.0 Å². The molecule has 172 valence electrons. The van der Waals surface area contributed by atoms with Crippen molar-refractivity contribution in [2.45, 2.75) is 44.6 Å². The minimum Gasteiger partial charge on any atom is -0.489 e. The monoisotopic (exact) mass is 474 g/mol. The zero-order valence-corrected chi connectivity index (χ0v) is 19.4. The Morgan fingerprint density at radius 2 is 2.12 bits per heavy atom. The number of ketones is 1. The highest BCUT2D eigenvalue weighted by atomic mass is 35.5. The van der Waals surface area contributed by atoms with E-state index in [-0.39, 0.29) is 29.6 Å². The molecule has 2 aliphatic heterocycles. The summed E-state index contributed by atoms with van der Waals surface area (Å²) in [5.41, 5.74) is 3.94. The van der Waals surface area contributed by atoms with E-state index in [1.165, 1.54) is 0 Å². The minimum atomic E-state index is -0.0307. The number of halogens is 1. The first-order valence-electron chi connectivity index (χ1n) is 11.5. The summed E-state index contributed by atoms with van der Waals surface area (Å²) in [4.78, 5) is 28.7. The summed E-state index contributed by atoms with van der Waals surface area (Å²) < 4.78 is 12.3. The van der Waals surface area contributed by atoms with E-state index in [2.05, 4.69) is 10.3 Å². The van der Waals surface area contributed by atoms with Crippen LogP contribution in [0.3, 0.4) is 0 Å². The van der Waals surface area contributed by atoms with Crippen LogP contribution in [-0.2, 0) is 22.4 Å². The van der Waals surface area contributed by atoms with Gasteiger partial charge in [0.2, 0.25) is 5.91 Å². The number of amides is 1. The number of hydrogen-bond donors (Lipinski definition) is 1. The summed E-state index contributed by atoms with van der Waals surface area (Å²) >= 11 is 6.31. The average Bonchev–Trinajstić information content (AvgIpc) is 3.32. The van der Waals surface area contributed by atoms with E-state index in [1.807, 2.05) is 49.4 Å². The van der Waals surface area contributed by atoms with E-state index in [1.54, 1.807) is 6.20 Å². The number of carbonyl (C=O) groups excluding carboxylic acids is 2. The Morgan fingerprint density at radius 3 is 2.97 bits per heavy atom. The maximum atomic E-state index is 12.8. The van der Waals surface area contributed by atoms with Gasteiger partial charge < -0.3 is 14.8 Å². The standard InChI is InChI=1S/C27H23ClN2O4/c1-14-3-2-4-21(28)18(14)11-15(31)12-20-25-19-13-16(5-7-22(19)34-26(20)25)33-23-9-10-29-27-17(23)6-8-24(32)30-27/h2-5,7,9-10,13,20,25-26H,6,8,11-12H2,1H3,(H,29,30,32)/t20-,25-,26+/m0/s1. The number of aromatic nitrogens is 1. The number of ether oxygens (including phenoxy) is 2. The predicted molar refractivity (Wildman–Crippen MR) is 128 cm³/mol. The Morgan fingerprint density at radius 1 is 1.24 bits per heavy atom. The lowest BCUT2D eigenvalue weighted by Crippen LogP contribution is -2.20. The van der Waals surface area contributed by atoms with Crippen LogP contribution in [0.2, 0.25) is 5.02 Å². The number of benzene rings is 2. The molecular formula is C27H23ClN2O4. The molecule has 1 aliphatic carbocycles. The molecule has 34 heavy (non-hydrogen) atoms. The van der Waals surface area contributed by atoms with Gasteiger partial charge in [-0.3, -0.25) is 9.59 Å².